The van der Waals surface area contributed by atoms with Crippen LogP contribution < -0.4 is 5.73 Å². The Balaban J connectivity index is 2.20. The highest BCUT2D eigenvalue weighted by atomic mass is 16.3. The molecule has 0 heterocycles. The normalized spacial score (nSPS) is 10.2. The minimum absolute atomic E-state index is 0.00326. The molecule has 0 saturated carbocycles. The second kappa shape index (κ2) is 6.10. The Morgan fingerprint density at radius 1 is 1.20 bits per heavy atom. The van der Waals surface area contributed by atoms with E-state index in [1.807, 2.05) is 31.2 Å². The number of amides is 1. The third-order valence-corrected chi connectivity index (χ3v) is 3.13. The number of nitrogens with zero attached hydrogens (tertiary/aromatic N) is 1. The lowest BCUT2D eigenvalue weighted by Gasteiger charge is -2.21. The van der Waals surface area contributed by atoms with Crippen molar-refractivity contribution < 1.29 is 9.90 Å². The molecule has 20 heavy (non-hydrogen) atoms. The van der Waals surface area contributed by atoms with Crippen molar-refractivity contribution in [2.75, 3.05) is 12.3 Å². The molecule has 4 heteroatoms. The summed E-state index contributed by atoms with van der Waals surface area (Å²) in [4.78, 5) is 14.1. The maximum absolute atomic E-state index is 12.4. The molecule has 2 aromatic rings. The van der Waals surface area contributed by atoms with Gasteiger partial charge in [0.25, 0.3) is 5.91 Å². The second-order valence-corrected chi connectivity index (χ2v) is 4.58. The topological polar surface area (TPSA) is 66.6 Å². The van der Waals surface area contributed by atoms with Gasteiger partial charge in [-0.05, 0) is 36.8 Å². The number of rotatable bonds is 4. The van der Waals surface area contributed by atoms with E-state index in [-0.39, 0.29) is 11.7 Å². The Morgan fingerprint density at radius 3 is 2.60 bits per heavy atom. The zero-order valence-corrected chi connectivity index (χ0v) is 11.4. The number of hydrogen-bond acceptors (Lipinski definition) is 3. The number of aromatic hydroxyl groups is 1. The number of phenols is 1. The summed E-state index contributed by atoms with van der Waals surface area (Å²) in [7, 11) is 0. The van der Waals surface area contributed by atoms with Crippen LogP contribution in [-0.2, 0) is 6.54 Å². The van der Waals surface area contributed by atoms with Gasteiger partial charge in [0.05, 0.1) is 5.56 Å². The van der Waals surface area contributed by atoms with E-state index < -0.39 is 0 Å². The molecule has 0 saturated heterocycles. The van der Waals surface area contributed by atoms with E-state index in [1.54, 1.807) is 23.1 Å². The standard InChI is InChI=1S/C16H18N2O2/c1-2-18(11-12-6-5-7-13(17)10-12)16(20)14-8-3-4-9-15(14)19/h3-10,19H,2,11,17H2,1H3. The summed E-state index contributed by atoms with van der Waals surface area (Å²) in [5.74, 6) is -0.184. The number of benzene rings is 2. The largest absolute Gasteiger partial charge is 0.507 e. The minimum Gasteiger partial charge on any atom is -0.507 e. The Labute approximate surface area is 118 Å². The van der Waals surface area contributed by atoms with Crippen LogP contribution in [0.2, 0.25) is 0 Å². The highest BCUT2D eigenvalue weighted by Gasteiger charge is 2.17. The number of nitrogen functional groups attached to an aromatic ring is 1. The molecule has 0 aliphatic rings. The van der Waals surface area contributed by atoms with Crippen molar-refractivity contribution in [2.45, 2.75) is 13.5 Å². The van der Waals surface area contributed by atoms with Crippen LogP contribution in [0.15, 0.2) is 48.5 Å². The molecule has 0 unspecified atom stereocenters. The van der Waals surface area contributed by atoms with E-state index in [9.17, 15) is 9.90 Å². The first-order valence-corrected chi connectivity index (χ1v) is 6.53. The average Bonchev–Trinajstić information content (AvgIpc) is 2.44. The van der Waals surface area contributed by atoms with Crippen LogP contribution >= 0.6 is 0 Å². The summed E-state index contributed by atoms with van der Waals surface area (Å²) < 4.78 is 0. The van der Waals surface area contributed by atoms with Gasteiger partial charge in [-0.3, -0.25) is 4.79 Å². The van der Waals surface area contributed by atoms with Crippen molar-refractivity contribution in [3.8, 4) is 5.75 Å². The van der Waals surface area contributed by atoms with Gasteiger partial charge in [0.2, 0.25) is 0 Å². The first-order valence-electron chi connectivity index (χ1n) is 6.53. The van der Waals surface area contributed by atoms with Crippen molar-refractivity contribution in [3.63, 3.8) is 0 Å². The molecule has 1 amide bonds. The average molecular weight is 270 g/mol. The van der Waals surface area contributed by atoms with E-state index in [0.717, 1.165) is 5.56 Å². The predicted octanol–water partition coefficient (Wildman–Crippen LogP) is 2.64. The Kier molecular flexibility index (Phi) is 4.25. The molecule has 2 aromatic carbocycles. The number of para-hydroxylation sites is 1. The summed E-state index contributed by atoms with van der Waals surface area (Å²) in [5, 5.41) is 9.77. The second-order valence-electron chi connectivity index (χ2n) is 4.58. The van der Waals surface area contributed by atoms with E-state index in [0.29, 0.717) is 24.3 Å². The van der Waals surface area contributed by atoms with Crippen LogP contribution in [-0.4, -0.2) is 22.5 Å². The molecule has 2 rings (SSSR count). The fourth-order valence-corrected chi connectivity index (χ4v) is 2.06. The quantitative estimate of drug-likeness (QED) is 0.839. The molecule has 0 spiro atoms. The molecular formula is C16H18N2O2. The summed E-state index contributed by atoms with van der Waals surface area (Å²) in [6, 6.07) is 14.0. The third kappa shape index (κ3) is 3.09. The molecule has 104 valence electrons. The summed E-state index contributed by atoms with van der Waals surface area (Å²) in [6.45, 7) is 2.93. The maximum Gasteiger partial charge on any atom is 0.257 e. The number of nitrogens with two attached hydrogens (primary N) is 1. The van der Waals surface area contributed by atoms with Crippen molar-refractivity contribution in [3.05, 3.63) is 59.7 Å². The predicted molar refractivity (Wildman–Crippen MR) is 79.4 cm³/mol. The first kappa shape index (κ1) is 13.9. The minimum atomic E-state index is -0.187. The fourth-order valence-electron chi connectivity index (χ4n) is 2.06. The summed E-state index contributed by atoms with van der Waals surface area (Å²) in [5.41, 5.74) is 7.70. The zero-order valence-electron chi connectivity index (χ0n) is 11.4. The summed E-state index contributed by atoms with van der Waals surface area (Å²) >= 11 is 0. The van der Waals surface area contributed by atoms with E-state index in [4.69, 9.17) is 5.73 Å². The molecular weight excluding hydrogens is 252 g/mol. The van der Waals surface area contributed by atoms with Crippen LogP contribution in [0.1, 0.15) is 22.8 Å². The zero-order chi connectivity index (χ0) is 14.5. The van der Waals surface area contributed by atoms with Crippen LogP contribution in [0, 0.1) is 0 Å². The van der Waals surface area contributed by atoms with Crippen LogP contribution in [0.25, 0.3) is 0 Å². The molecule has 0 aromatic heterocycles. The van der Waals surface area contributed by atoms with Crippen LogP contribution in [0.3, 0.4) is 0 Å². The molecule has 0 aliphatic carbocycles. The Hall–Kier alpha value is -2.49. The van der Waals surface area contributed by atoms with Crippen molar-refractivity contribution in [2.24, 2.45) is 0 Å². The SMILES string of the molecule is CCN(Cc1cccc(N)c1)C(=O)c1ccccc1O. The third-order valence-electron chi connectivity index (χ3n) is 3.13. The number of carbonyl (C=O) groups excluding carboxylic acids is 1. The van der Waals surface area contributed by atoms with Crippen molar-refractivity contribution in [1.29, 1.82) is 0 Å². The van der Waals surface area contributed by atoms with Crippen LogP contribution in [0.4, 0.5) is 5.69 Å². The molecule has 0 fully saturated rings. The molecule has 0 aliphatic heterocycles. The van der Waals surface area contributed by atoms with Crippen molar-refractivity contribution >= 4 is 11.6 Å². The number of hydrogen-bond donors (Lipinski definition) is 2. The number of anilines is 1. The van der Waals surface area contributed by atoms with E-state index in [1.165, 1.54) is 6.07 Å². The Bertz CT molecular complexity index is 611. The molecule has 0 bridgehead atoms. The lowest BCUT2D eigenvalue weighted by Crippen LogP contribution is -2.30. The van der Waals surface area contributed by atoms with Crippen LogP contribution in [0.5, 0.6) is 5.75 Å². The Morgan fingerprint density at radius 2 is 1.95 bits per heavy atom. The molecule has 3 N–H and O–H groups in total. The summed E-state index contributed by atoms with van der Waals surface area (Å²) in [6.07, 6.45) is 0. The lowest BCUT2D eigenvalue weighted by molar-refractivity contribution is 0.0749. The van der Waals surface area contributed by atoms with Gasteiger partial charge in [-0.15, -0.1) is 0 Å². The van der Waals surface area contributed by atoms with Gasteiger partial charge in [-0.2, -0.15) is 0 Å². The van der Waals surface area contributed by atoms with Gasteiger partial charge in [0, 0.05) is 18.8 Å². The monoisotopic (exact) mass is 270 g/mol. The van der Waals surface area contributed by atoms with E-state index in [2.05, 4.69) is 0 Å². The highest BCUT2D eigenvalue weighted by Crippen LogP contribution is 2.19. The fraction of sp³-hybridized carbons (Fsp3) is 0.188. The van der Waals surface area contributed by atoms with E-state index >= 15 is 0 Å². The molecule has 0 radical (unpaired) electrons. The van der Waals surface area contributed by atoms with Gasteiger partial charge >= 0.3 is 0 Å². The number of carbonyl (C=O) groups is 1. The number of phenolic OH excluding ortho intramolecular Hbond substituents is 1. The maximum atomic E-state index is 12.4. The highest BCUT2D eigenvalue weighted by molar-refractivity contribution is 5.96. The van der Waals surface area contributed by atoms with Gasteiger partial charge in [-0.1, -0.05) is 24.3 Å². The van der Waals surface area contributed by atoms with Gasteiger partial charge < -0.3 is 15.7 Å². The first-order chi connectivity index (χ1) is 9.61. The van der Waals surface area contributed by atoms with Gasteiger partial charge in [0.15, 0.2) is 0 Å². The molecule has 4 nitrogen and oxygen atoms in total. The molecule has 0 atom stereocenters. The van der Waals surface area contributed by atoms with Gasteiger partial charge in [-0.25, -0.2) is 0 Å². The lowest BCUT2D eigenvalue weighted by atomic mass is 10.1. The smallest absolute Gasteiger partial charge is 0.257 e. The van der Waals surface area contributed by atoms with Gasteiger partial charge in [0.1, 0.15) is 5.75 Å². The van der Waals surface area contributed by atoms with Crippen molar-refractivity contribution in [1.82, 2.24) is 4.90 Å².